The van der Waals surface area contributed by atoms with E-state index in [4.69, 9.17) is 11.6 Å². The van der Waals surface area contributed by atoms with E-state index in [2.05, 4.69) is 26.8 Å². The van der Waals surface area contributed by atoms with Gasteiger partial charge in [-0.05, 0) is 25.3 Å². The molecule has 0 aromatic carbocycles. The number of halogens is 1. The monoisotopic (exact) mass is 260 g/mol. The van der Waals surface area contributed by atoms with Crippen LogP contribution in [0.1, 0.15) is 59.3 Å². The van der Waals surface area contributed by atoms with Crippen molar-refractivity contribution in [1.82, 2.24) is 0 Å². The first-order valence-corrected chi connectivity index (χ1v) is 7.78. The minimum absolute atomic E-state index is 1.11. The molecule has 0 radical (unpaired) electrons. The minimum Gasteiger partial charge on any atom is -0.320 e. The number of unbranched alkanes of at least 4 members (excludes halogenated alkanes) is 3. The molecule has 0 atom stereocenters. The van der Waals surface area contributed by atoms with Crippen LogP contribution in [0.5, 0.6) is 0 Å². The maximum absolute atomic E-state index is 5.72. The predicted octanol–water partition coefficient (Wildman–Crippen LogP) is 4.96. The van der Waals surface area contributed by atoms with Crippen LogP contribution in [0.25, 0.3) is 0 Å². The fourth-order valence-electron chi connectivity index (χ4n) is 2.35. The molecule has 0 saturated carbocycles. The smallest absolute Gasteiger partial charge is 0.0985 e. The van der Waals surface area contributed by atoms with Crippen molar-refractivity contribution in [3.8, 4) is 0 Å². The molecule has 0 N–H and O–H groups in total. The summed E-state index contributed by atoms with van der Waals surface area (Å²) in [6, 6.07) is 0. The Bertz CT molecular complexity index is 168. The van der Waals surface area contributed by atoms with Gasteiger partial charge in [0.05, 0.1) is 26.2 Å². The Balaban J connectivity index is 4.50. The molecule has 0 aromatic heterocycles. The van der Waals surface area contributed by atoms with Gasteiger partial charge in [0.25, 0.3) is 0 Å². The summed E-state index contributed by atoms with van der Waals surface area (Å²) in [5, 5.41) is 0. The second-order valence-corrected chi connectivity index (χ2v) is 5.37. The number of quaternary nitrogens is 1. The van der Waals surface area contributed by atoms with Crippen molar-refractivity contribution in [2.75, 3.05) is 26.2 Å². The van der Waals surface area contributed by atoms with E-state index < -0.39 is 0 Å². The molecule has 0 aliphatic heterocycles. The van der Waals surface area contributed by atoms with Crippen molar-refractivity contribution < 1.29 is 4.48 Å². The molecule has 0 aliphatic carbocycles. The van der Waals surface area contributed by atoms with Gasteiger partial charge in [-0.3, -0.25) is 0 Å². The Labute approximate surface area is 113 Å². The van der Waals surface area contributed by atoms with Crippen LogP contribution in [-0.4, -0.2) is 30.7 Å². The zero-order valence-electron chi connectivity index (χ0n) is 12.1. The highest BCUT2D eigenvalue weighted by Crippen LogP contribution is 2.15. The normalized spacial score (nSPS) is 12.5. The van der Waals surface area contributed by atoms with Crippen LogP contribution in [-0.2, 0) is 0 Å². The average Bonchev–Trinajstić information content (AvgIpc) is 2.37. The third-order valence-corrected chi connectivity index (χ3v) is 3.72. The molecule has 2 heteroatoms. The zero-order valence-corrected chi connectivity index (χ0v) is 12.8. The summed E-state index contributed by atoms with van der Waals surface area (Å²) in [4.78, 5) is 0. The van der Waals surface area contributed by atoms with E-state index in [-0.39, 0.29) is 0 Å². The van der Waals surface area contributed by atoms with Crippen molar-refractivity contribution in [1.29, 1.82) is 0 Å². The predicted molar refractivity (Wildman–Crippen MR) is 79.4 cm³/mol. The van der Waals surface area contributed by atoms with E-state index in [1.165, 1.54) is 62.6 Å². The lowest BCUT2D eigenvalue weighted by atomic mass is 10.1. The summed E-state index contributed by atoms with van der Waals surface area (Å²) in [5.41, 5.74) is 1.69. The summed E-state index contributed by atoms with van der Waals surface area (Å²) in [6.45, 7) is 11.9. The summed E-state index contributed by atoms with van der Waals surface area (Å²) in [6.07, 6.45) is 10.0. The molecular formula is C15H31ClN+. The second-order valence-electron chi connectivity index (χ2n) is 5.12. The Morgan fingerprint density at radius 2 is 1.24 bits per heavy atom. The van der Waals surface area contributed by atoms with E-state index in [1.807, 2.05) is 0 Å². The topological polar surface area (TPSA) is 0 Å². The molecule has 17 heavy (non-hydrogen) atoms. The lowest BCUT2D eigenvalue weighted by molar-refractivity contribution is -0.923. The highest BCUT2D eigenvalue weighted by molar-refractivity contribution is 6.25. The molecule has 0 aromatic rings. The van der Waals surface area contributed by atoms with E-state index in [1.54, 1.807) is 5.54 Å². The Morgan fingerprint density at radius 1 is 0.824 bits per heavy atom. The molecule has 102 valence electrons. The standard InChI is InChI=1S/C15H31ClN/c1-4-7-12-17(13-8-5-2,14-9-6-3)15-10-11-16/h10-11H,4-9,12-15H2,1-3H3/q+1/b11-10-. The molecule has 1 nitrogen and oxygen atoms in total. The van der Waals surface area contributed by atoms with E-state index in [0.717, 1.165) is 6.54 Å². The number of nitrogens with zero attached hydrogens (tertiary/aromatic N) is 1. The molecule has 0 unspecified atom stereocenters. The first-order valence-electron chi connectivity index (χ1n) is 7.35. The van der Waals surface area contributed by atoms with Gasteiger partial charge in [0.15, 0.2) is 0 Å². The lowest BCUT2D eigenvalue weighted by Crippen LogP contribution is -2.50. The molecule has 0 fully saturated rings. The van der Waals surface area contributed by atoms with Gasteiger partial charge in [0.2, 0.25) is 0 Å². The van der Waals surface area contributed by atoms with Gasteiger partial charge < -0.3 is 4.48 Å². The van der Waals surface area contributed by atoms with Crippen LogP contribution >= 0.6 is 11.6 Å². The highest BCUT2D eigenvalue weighted by atomic mass is 35.5. The third-order valence-electron chi connectivity index (χ3n) is 3.54. The van der Waals surface area contributed by atoms with Crippen molar-refractivity contribution in [3.05, 3.63) is 11.6 Å². The van der Waals surface area contributed by atoms with Gasteiger partial charge in [0.1, 0.15) is 0 Å². The number of hydrogen-bond donors (Lipinski definition) is 0. The highest BCUT2D eigenvalue weighted by Gasteiger charge is 2.23. The van der Waals surface area contributed by atoms with Gasteiger partial charge in [-0.25, -0.2) is 0 Å². The molecule has 0 saturated heterocycles. The van der Waals surface area contributed by atoms with Crippen molar-refractivity contribution >= 4 is 11.6 Å². The summed E-state index contributed by atoms with van der Waals surface area (Å²) in [5.74, 6) is 0. The Hall–Kier alpha value is -0.0100. The molecule has 0 bridgehead atoms. The lowest BCUT2D eigenvalue weighted by Gasteiger charge is -2.38. The van der Waals surface area contributed by atoms with Crippen LogP contribution in [0.4, 0.5) is 0 Å². The van der Waals surface area contributed by atoms with Crippen LogP contribution in [0.15, 0.2) is 11.6 Å². The maximum atomic E-state index is 5.72. The zero-order chi connectivity index (χ0) is 13.0. The van der Waals surface area contributed by atoms with E-state index in [0.29, 0.717) is 0 Å². The van der Waals surface area contributed by atoms with E-state index >= 15 is 0 Å². The molecule has 0 amide bonds. The van der Waals surface area contributed by atoms with Crippen molar-refractivity contribution in [3.63, 3.8) is 0 Å². The molecule has 0 spiro atoms. The number of hydrogen-bond acceptors (Lipinski definition) is 0. The molecular weight excluding hydrogens is 230 g/mol. The fourth-order valence-corrected chi connectivity index (χ4v) is 2.43. The summed E-state index contributed by atoms with van der Waals surface area (Å²) >= 11 is 5.72. The summed E-state index contributed by atoms with van der Waals surface area (Å²) < 4.78 is 1.25. The third kappa shape index (κ3) is 7.83. The SMILES string of the molecule is CCCC[N+](C/C=C\Cl)(CCCC)CCCC. The maximum Gasteiger partial charge on any atom is 0.0985 e. The van der Waals surface area contributed by atoms with E-state index in [9.17, 15) is 0 Å². The van der Waals surface area contributed by atoms with Crippen LogP contribution in [0, 0.1) is 0 Å². The Kier molecular flexibility index (Phi) is 11.1. The van der Waals surface area contributed by atoms with Crippen molar-refractivity contribution in [2.24, 2.45) is 0 Å². The number of rotatable bonds is 11. The van der Waals surface area contributed by atoms with Crippen LogP contribution in [0.2, 0.25) is 0 Å². The van der Waals surface area contributed by atoms with Gasteiger partial charge in [-0.15, -0.1) is 0 Å². The first-order chi connectivity index (χ1) is 8.24. The van der Waals surface area contributed by atoms with Crippen molar-refractivity contribution in [2.45, 2.75) is 59.3 Å². The van der Waals surface area contributed by atoms with Gasteiger partial charge >= 0.3 is 0 Å². The summed E-state index contributed by atoms with van der Waals surface area (Å²) in [7, 11) is 0. The van der Waals surface area contributed by atoms with Crippen LogP contribution < -0.4 is 0 Å². The quantitative estimate of drug-likeness (QED) is 0.461. The average molecular weight is 261 g/mol. The Morgan fingerprint density at radius 3 is 1.53 bits per heavy atom. The largest absolute Gasteiger partial charge is 0.320 e. The molecule has 0 aliphatic rings. The molecule has 0 rings (SSSR count). The van der Waals surface area contributed by atoms with Crippen LogP contribution in [0.3, 0.4) is 0 Å². The molecule has 0 heterocycles. The minimum atomic E-state index is 1.11. The fraction of sp³-hybridized carbons (Fsp3) is 0.867. The second kappa shape index (κ2) is 11.1. The van der Waals surface area contributed by atoms with Gasteiger partial charge in [0, 0.05) is 5.54 Å². The van der Waals surface area contributed by atoms with Gasteiger partial charge in [-0.2, -0.15) is 0 Å². The first kappa shape index (κ1) is 17.0. The van der Waals surface area contributed by atoms with Gasteiger partial charge in [-0.1, -0.05) is 51.6 Å².